The molecule has 1 fully saturated rings. The van der Waals surface area contributed by atoms with Crippen LogP contribution >= 0.6 is 15.9 Å². The molecule has 1 aromatic carbocycles. The quantitative estimate of drug-likeness (QED) is 0.907. The molecule has 1 amide bonds. The second-order valence-corrected chi connectivity index (χ2v) is 6.71. The van der Waals surface area contributed by atoms with E-state index in [1.165, 1.54) is 0 Å². The highest BCUT2D eigenvalue weighted by atomic mass is 79.9. The molecule has 2 rings (SSSR count). The maximum absolute atomic E-state index is 12.5. The van der Waals surface area contributed by atoms with E-state index in [9.17, 15) is 4.79 Å². The van der Waals surface area contributed by atoms with E-state index < -0.39 is 6.10 Å². The van der Waals surface area contributed by atoms with Crippen LogP contribution in [-0.4, -0.2) is 35.5 Å². The third-order valence-corrected chi connectivity index (χ3v) is 4.56. The molecule has 0 unspecified atom stereocenters. The molecule has 1 aliphatic rings. The van der Waals surface area contributed by atoms with Crippen molar-refractivity contribution in [1.82, 2.24) is 4.90 Å². The average molecular weight is 355 g/mol. The Balaban J connectivity index is 2.02. The van der Waals surface area contributed by atoms with Crippen molar-refractivity contribution < 1.29 is 9.53 Å². The Hall–Kier alpha value is -1.07. The Morgan fingerprint density at radius 3 is 2.86 bits per heavy atom. The average Bonchev–Trinajstić information content (AvgIpc) is 2.41. The third kappa shape index (κ3) is 3.98. The Morgan fingerprint density at radius 2 is 2.24 bits per heavy atom. The van der Waals surface area contributed by atoms with Gasteiger partial charge in [-0.1, -0.05) is 6.07 Å². The Labute approximate surface area is 134 Å². The molecule has 21 heavy (non-hydrogen) atoms. The van der Waals surface area contributed by atoms with E-state index in [1.54, 1.807) is 6.92 Å². The molecule has 116 valence electrons. The van der Waals surface area contributed by atoms with Crippen molar-refractivity contribution in [3.05, 3.63) is 28.2 Å². The van der Waals surface area contributed by atoms with Gasteiger partial charge in [-0.3, -0.25) is 4.79 Å². The van der Waals surface area contributed by atoms with Crippen molar-refractivity contribution >= 4 is 21.8 Å². The number of halogens is 1. The topological polar surface area (TPSA) is 55.6 Å². The summed E-state index contributed by atoms with van der Waals surface area (Å²) in [5.74, 6) is 0.727. The highest BCUT2D eigenvalue weighted by molar-refractivity contribution is 9.10. The lowest BCUT2D eigenvalue weighted by atomic mass is 9.98. The molecule has 0 aliphatic carbocycles. The van der Waals surface area contributed by atoms with E-state index in [1.807, 2.05) is 36.9 Å². The van der Waals surface area contributed by atoms with Crippen LogP contribution in [0, 0.1) is 6.92 Å². The number of hydrogen-bond donors (Lipinski definition) is 1. The lowest BCUT2D eigenvalue weighted by Gasteiger charge is -2.37. The molecule has 5 heteroatoms. The van der Waals surface area contributed by atoms with Crippen LogP contribution in [0.25, 0.3) is 0 Å². The highest BCUT2D eigenvalue weighted by Gasteiger charge is 2.30. The molecule has 3 atom stereocenters. The molecule has 2 N–H and O–H groups in total. The van der Waals surface area contributed by atoms with Crippen molar-refractivity contribution in [3.8, 4) is 5.75 Å². The van der Waals surface area contributed by atoms with E-state index in [4.69, 9.17) is 10.5 Å². The monoisotopic (exact) mass is 354 g/mol. The number of amides is 1. The van der Waals surface area contributed by atoms with Crippen LogP contribution < -0.4 is 10.5 Å². The number of ether oxygens (including phenoxy) is 1. The second-order valence-electron chi connectivity index (χ2n) is 5.86. The van der Waals surface area contributed by atoms with Gasteiger partial charge in [0, 0.05) is 18.6 Å². The van der Waals surface area contributed by atoms with E-state index >= 15 is 0 Å². The first-order valence-electron chi connectivity index (χ1n) is 7.37. The number of hydrogen-bond acceptors (Lipinski definition) is 3. The summed E-state index contributed by atoms with van der Waals surface area (Å²) in [4.78, 5) is 14.4. The van der Waals surface area contributed by atoms with Gasteiger partial charge in [0.1, 0.15) is 5.75 Å². The van der Waals surface area contributed by atoms with Crippen molar-refractivity contribution in [3.63, 3.8) is 0 Å². The number of piperidine rings is 1. The number of carbonyl (C=O) groups is 1. The van der Waals surface area contributed by atoms with Crippen LogP contribution in [-0.2, 0) is 4.79 Å². The summed E-state index contributed by atoms with van der Waals surface area (Å²) < 4.78 is 6.69. The SMILES string of the molecule is Cc1ccc(O[C@H](C)C(=O)N2CC[C@H](N)C[C@@H]2C)c(Br)c1. The first kappa shape index (κ1) is 16.3. The normalized spacial score (nSPS) is 23.8. The maximum Gasteiger partial charge on any atom is 0.263 e. The van der Waals surface area contributed by atoms with E-state index in [2.05, 4.69) is 15.9 Å². The van der Waals surface area contributed by atoms with Gasteiger partial charge in [-0.25, -0.2) is 0 Å². The van der Waals surface area contributed by atoms with Crippen molar-refractivity contribution in [2.24, 2.45) is 5.73 Å². The van der Waals surface area contributed by atoms with Gasteiger partial charge in [0.05, 0.1) is 4.47 Å². The predicted octanol–water partition coefficient (Wildman–Crippen LogP) is 2.86. The molecular formula is C16H23BrN2O2. The number of nitrogens with two attached hydrogens (primary N) is 1. The first-order chi connectivity index (χ1) is 9.88. The maximum atomic E-state index is 12.5. The summed E-state index contributed by atoms with van der Waals surface area (Å²) in [5.41, 5.74) is 7.09. The molecule has 1 aromatic rings. The Kier molecular flexibility index (Phi) is 5.27. The third-order valence-electron chi connectivity index (χ3n) is 3.94. The number of likely N-dealkylation sites (tertiary alicyclic amines) is 1. The van der Waals surface area contributed by atoms with Crippen LogP contribution in [0.2, 0.25) is 0 Å². The van der Waals surface area contributed by atoms with Crippen molar-refractivity contribution in [1.29, 1.82) is 0 Å². The van der Waals surface area contributed by atoms with Crippen LogP contribution in [0.3, 0.4) is 0 Å². The fourth-order valence-electron chi connectivity index (χ4n) is 2.71. The summed E-state index contributed by atoms with van der Waals surface area (Å²) in [7, 11) is 0. The minimum atomic E-state index is -0.499. The summed E-state index contributed by atoms with van der Waals surface area (Å²) in [6.07, 6.45) is 1.21. The number of rotatable bonds is 3. The lowest BCUT2D eigenvalue weighted by Crippen LogP contribution is -2.51. The Bertz CT molecular complexity index is 521. The predicted molar refractivity (Wildman–Crippen MR) is 87.4 cm³/mol. The van der Waals surface area contributed by atoms with Gasteiger partial charge in [0.2, 0.25) is 0 Å². The van der Waals surface area contributed by atoms with Crippen LogP contribution in [0.5, 0.6) is 5.75 Å². The van der Waals surface area contributed by atoms with Crippen LogP contribution in [0.1, 0.15) is 32.3 Å². The molecule has 0 spiro atoms. The Morgan fingerprint density at radius 1 is 1.52 bits per heavy atom. The van der Waals surface area contributed by atoms with Gasteiger partial charge in [0.25, 0.3) is 5.91 Å². The summed E-state index contributed by atoms with van der Waals surface area (Å²) in [5, 5.41) is 0. The molecule has 0 saturated carbocycles. The van der Waals surface area contributed by atoms with Gasteiger partial charge < -0.3 is 15.4 Å². The largest absolute Gasteiger partial charge is 0.480 e. The zero-order valence-electron chi connectivity index (χ0n) is 12.8. The molecular weight excluding hydrogens is 332 g/mol. The van der Waals surface area contributed by atoms with E-state index in [-0.39, 0.29) is 18.0 Å². The van der Waals surface area contributed by atoms with Gasteiger partial charge in [-0.2, -0.15) is 0 Å². The molecule has 0 bridgehead atoms. The van der Waals surface area contributed by atoms with Gasteiger partial charge in [-0.15, -0.1) is 0 Å². The molecule has 4 nitrogen and oxygen atoms in total. The van der Waals surface area contributed by atoms with Gasteiger partial charge in [0.15, 0.2) is 6.10 Å². The zero-order valence-corrected chi connectivity index (χ0v) is 14.4. The van der Waals surface area contributed by atoms with Gasteiger partial charge >= 0.3 is 0 Å². The minimum absolute atomic E-state index is 0.0295. The first-order valence-corrected chi connectivity index (χ1v) is 8.16. The van der Waals surface area contributed by atoms with Crippen LogP contribution in [0.15, 0.2) is 22.7 Å². The number of benzene rings is 1. The van der Waals surface area contributed by atoms with E-state index in [0.717, 1.165) is 22.9 Å². The summed E-state index contributed by atoms with van der Waals surface area (Å²) in [6, 6.07) is 6.22. The molecule has 1 saturated heterocycles. The second kappa shape index (κ2) is 6.79. The molecule has 0 radical (unpaired) electrons. The number of aryl methyl sites for hydroxylation is 1. The summed E-state index contributed by atoms with van der Waals surface area (Å²) >= 11 is 3.47. The summed E-state index contributed by atoms with van der Waals surface area (Å²) in [6.45, 7) is 6.58. The van der Waals surface area contributed by atoms with E-state index in [0.29, 0.717) is 12.3 Å². The van der Waals surface area contributed by atoms with Crippen molar-refractivity contribution in [2.45, 2.75) is 51.8 Å². The fraction of sp³-hybridized carbons (Fsp3) is 0.562. The van der Waals surface area contributed by atoms with Crippen molar-refractivity contribution in [2.75, 3.05) is 6.54 Å². The molecule has 0 aromatic heterocycles. The number of nitrogens with zero attached hydrogens (tertiary/aromatic N) is 1. The smallest absolute Gasteiger partial charge is 0.263 e. The zero-order chi connectivity index (χ0) is 15.6. The van der Waals surface area contributed by atoms with Gasteiger partial charge in [-0.05, 0) is 67.2 Å². The lowest BCUT2D eigenvalue weighted by molar-refractivity contribution is -0.141. The fourth-order valence-corrected chi connectivity index (χ4v) is 3.30. The van der Waals surface area contributed by atoms with Crippen LogP contribution in [0.4, 0.5) is 0 Å². The number of carbonyl (C=O) groups excluding carboxylic acids is 1. The molecule has 1 aliphatic heterocycles. The minimum Gasteiger partial charge on any atom is -0.480 e. The highest BCUT2D eigenvalue weighted by Crippen LogP contribution is 2.27. The standard InChI is InChI=1S/C16H23BrN2O2/c1-10-4-5-15(14(17)8-10)21-12(3)16(20)19-7-6-13(18)9-11(19)2/h4-5,8,11-13H,6-7,9,18H2,1-3H3/t11-,12+,13-/m0/s1. The molecule has 1 heterocycles.